The monoisotopic (exact) mass is 386 g/mol. The van der Waals surface area contributed by atoms with Crippen molar-refractivity contribution < 1.29 is 50.3 Å². The summed E-state index contributed by atoms with van der Waals surface area (Å²) in [5, 5.41) is 81.6. The van der Waals surface area contributed by atoms with Crippen LogP contribution in [-0.4, -0.2) is 120 Å². The first-order valence-corrected chi connectivity index (χ1v) is 9.01. The number of hydrogen-bond donors (Lipinski definition) is 8. The molecule has 0 spiro atoms. The van der Waals surface area contributed by atoms with Crippen LogP contribution >= 0.6 is 11.8 Å². The van der Waals surface area contributed by atoms with Crippen molar-refractivity contribution in [3.63, 3.8) is 0 Å². The highest BCUT2D eigenvalue weighted by Crippen LogP contribution is 2.44. The summed E-state index contributed by atoms with van der Waals surface area (Å²) in [7, 11) is 0. The van der Waals surface area contributed by atoms with Gasteiger partial charge in [0, 0.05) is 0 Å². The summed E-state index contributed by atoms with van der Waals surface area (Å²) < 4.78 is 10.5. The number of hydrogen-bond acceptors (Lipinski definition) is 11. The second-order valence-electron chi connectivity index (χ2n) is 6.28. The highest BCUT2D eigenvalue weighted by molar-refractivity contribution is 7.99. The van der Waals surface area contributed by atoms with Gasteiger partial charge in [0.2, 0.25) is 0 Å². The largest absolute Gasteiger partial charge is 0.394 e. The minimum Gasteiger partial charge on any atom is -0.394 e. The van der Waals surface area contributed by atoms with Crippen LogP contribution in [0, 0.1) is 0 Å². The molecule has 0 amide bonds. The SMILES string of the molecule is CCS[C@@H]1O[C@H](CO)[C@](O)([C@@]2(O)CO[C@H](CO)[C@H](O)[C@@H]2O)[C@H](O)[C@H]1O. The zero-order valence-corrected chi connectivity index (χ0v) is 14.5. The van der Waals surface area contributed by atoms with Gasteiger partial charge in [0.05, 0.1) is 19.8 Å². The highest BCUT2D eigenvalue weighted by Gasteiger charge is 2.69. The number of aliphatic hydroxyl groups excluding tert-OH is 6. The van der Waals surface area contributed by atoms with Gasteiger partial charge < -0.3 is 50.3 Å². The maximum atomic E-state index is 11.0. The zero-order valence-electron chi connectivity index (χ0n) is 13.7. The third-order valence-electron chi connectivity index (χ3n) is 4.92. The molecular weight excluding hydrogens is 360 g/mol. The summed E-state index contributed by atoms with van der Waals surface area (Å²) in [6.45, 7) is -0.482. The Morgan fingerprint density at radius 1 is 1.00 bits per heavy atom. The molecule has 10 nitrogen and oxygen atoms in total. The molecule has 2 heterocycles. The molecule has 2 fully saturated rings. The molecule has 25 heavy (non-hydrogen) atoms. The van der Waals surface area contributed by atoms with E-state index in [4.69, 9.17) is 14.6 Å². The molecule has 0 aromatic heterocycles. The first-order chi connectivity index (χ1) is 11.7. The summed E-state index contributed by atoms with van der Waals surface area (Å²) >= 11 is 1.12. The van der Waals surface area contributed by atoms with E-state index in [0.717, 1.165) is 11.8 Å². The molecule has 2 saturated heterocycles. The first kappa shape index (κ1) is 21.3. The van der Waals surface area contributed by atoms with Crippen molar-refractivity contribution in [2.45, 2.75) is 60.2 Å². The van der Waals surface area contributed by atoms with E-state index < -0.39 is 73.1 Å². The summed E-state index contributed by atoms with van der Waals surface area (Å²) in [5.41, 5.74) is -6.39. The maximum Gasteiger partial charge on any atom is 0.155 e. The number of rotatable bonds is 5. The average molecular weight is 386 g/mol. The van der Waals surface area contributed by atoms with Crippen molar-refractivity contribution in [3.8, 4) is 0 Å². The smallest absolute Gasteiger partial charge is 0.155 e. The van der Waals surface area contributed by atoms with Gasteiger partial charge in [-0.2, -0.15) is 0 Å². The topological polar surface area (TPSA) is 180 Å². The molecule has 8 N–H and O–H groups in total. The number of thioether (sulfide) groups is 1. The van der Waals surface area contributed by atoms with Crippen molar-refractivity contribution >= 4 is 11.8 Å². The van der Waals surface area contributed by atoms with E-state index in [1.54, 1.807) is 6.92 Å². The average Bonchev–Trinajstić information content (AvgIpc) is 2.60. The van der Waals surface area contributed by atoms with E-state index in [1.807, 2.05) is 0 Å². The van der Waals surface area contributed by atoms with Gasteiger partial charge in [-0.15, -0.1) is 11.8 Å². The Kier molecular flexibility index (Phi) is 6.72. The summed E-state index contributed by atoms with van der Waals surface area (Å²) in [4.78, 5) is 0. The van der Waals surface area contributed by atoms with Gasteiger partial charge in [0.25, 0.3) is 0 Å². The predicted molar refractivity (Wildman–Crippen MR) is 84.6 cm³/mol. The predicted octanol–water partition coefficient (Wildman–Crippen LogP) is -4.25. The van der Waals surface area contributed by atoms with E-state index in [1.165, 1.54) is 0 Å². The molecule has 0 radical (unpaired) electrons. The minimum absolute atomic E-state index is 0.512. The molecule has 9 atom stereocenters. The van der Waals surface area contributed by atoms with Crippen LogP contribution in [0.5, 0.6) is 0 Å². The van der Waals surface area contributed by atoms with E-state index in [2.05, 4.69) is 0 Å². The van der Waals surface area contributed by atoms with Crippen LogP contribution in [0.25, 0.3) is 0 Å². The molecule has 0 unspecified atom stereocenters. The third kappa shape index (κ3) is 3.21. The quantitative estimate of drug-likeness (QED) is 0.229. The Morgan fingerprint density at radius 3 is 2.16 bits per heavy atom. The van der Waals surface area contributed by atoms with Crippen LogP contribution in [0.15, 0.2) is 0 Å². The second kappa shape index (κ2) is 7.90. The van der Waals surface area contributed by atoms with Crippen LogP contribution in [0.4, 0.5) is 0 Å². The lowest BCUT2D eigenvalue weighted by Gasteiger charge is -2.58. The molecule has 0 saturated carbocycles. The van der Waals surface area contributed by atoms with E-state index >= 15 is 0 Å². The Morgan fingerprint density at radius 2 is 1.64 bits per heavy atom. The Bertz CT molecular complexity index is 451. The second-order valence-corrected chi connectivity index (χ2v) is 7.66. The minimum atomic E-state index is -2.74. The molecule has 148 valence electrons. The van der Waals surface area contributed by atoms with Crippen LogP contribution < -0.4 is 0 Å². The fourth-order valence-corrected chi connectivity index (χ4v) is 4.27. The standard InChI is InChI=1S/C14H26O10S/c1-2-25-12-9(18)11(20)14(22,7(4-16)24-12)13(21)5-23-6(3-15)8(17)10(13)19/h6-12,15-22H,2-5H2,1H3/t6-,7-,8+,9-,10+,11-,12+,13-,14-/m1/s1. The van der Waals surface area contributed by atoms with Crippen LogP contribution in [0.2, 0.25) is 0 Å². The highest BCUT2D eigenvalue weighted by atomic mass is 32.2. The van der Waals surface area contributed by atoms with Gasteiger partial charge >= 0.3 is 0 Å². The summed E-state index contributed by atoms with van der Waals surface area (Å²) in [6.07, 6.45) is -10.2. The summed E-state index contributed by atoms with van der Waals surface area (Å²) in [6, 6.07) is 0. The molecular formula is C14H26O10S. The van der Waals surface area contributed by atoms with Crippen LogP contribution in [0.3, 0.4) is 0 Å². The van der Waals surface area contributed by atoms with Crippen molar-refractivity contribution in [2.75, 3.05) is 25.6 Å². The molecule has 2 rings (SSSR count). The number of ether oxygens (including phenoxy) is 2. The fraction of sp³-hybridized carbons (Fsp3) is 1.00. The van der Waals surface area contributed by atoms with Gasteiger partial charge in [-0.25, -0.2) is 0 Å². The molecule has 2 aliphatic heterocycles. The molecule has 0 aliphatic carbocycles. The van der Waals surface area contributed by atoms with E-state index in [-0.39, 0.29) is 0 Å². The van der Waals surface area contributed by atoms with Gasteiger partial charge in [-0.3, -0.25) is 0 Å². The van der Waals surface area contributed by atoms with Crippen molar-refractivity contribution in [1.29, 1.82) is 0 Å². The normalized spacial score (nSPS) is 51.5. The fourth-order valence-electron chi connectivity index (χ4n) is 3.38. The number of aliphatic hydroxyl groups is 8. The van der Waals surface area contributed by atoms with Crippen LogP contribution in [-0.2, 0) is 9.47 Å². The Hall–Kier alpha value is -0.0500. The maximum absolute atomic E-state index is 11.0. The van der Waals surface area contributed by atoms with Gasteiger partial charge in [-0.05, 0) is 5.75 Å². The third-order valence-corrected chi connectivity index (χ3v) is 5.98. The van der Waals surface area contributed by atoms with Crippen molar-refractivity contribution in [1.82, 2.24) is 0 Å². The van der Waals surface area contributed by atoms with Crippen molar-refractivity contribution in [3.05, 3.63) is 0 Å². The lowest BCUT2D eigenvalue weighted by molar-refractivity contribution is -0.362. The lowest BCUT2D eigenvalue weighted by atomic mass is 9.67. The molecule has 11 heteroatoms. The molecule has 2 aliphatic rings. The van der Waals surface area contributed by atoms with E-state index in [0.29, 0.717) is 5.75 Å². The van der Waals surface area contributed by atoms with Gasteiger partial charge in [-0.1, -0.05) is 6.92 Å². The van der Waals surface area contributed by atoms with Gasteiger partial charge in [0.15, 0.2) is 11.2 Å². The molecule has 0 bridgehead atoms. The summed E-state index contributed by atoms with van der Waals surface area (Å²) in [5.74, 6) is 0.512. The van der Waals surface area contributed by atoms with Crippen molar-refractivity contribution in [2.24, 2.45) is 0 Å². The Balaban J connectivity index is 2.39. The molecule has 0 aromatic carbocycles. The lowest BCUT2D eigenvalue weighted by Crippen LogP contribution is -2.82. The van der Waals surface area contributed by atoms with E-state index in [9.17, 15) is 35.7 Å². The molecule has 0 aromatic rings. The zero-order chi connectivity index (χ0) is 19.0. The Labute approximate surface area is 148 Å². The van der Waals surface area contributed by atoms with Gasteiger partial charge in [0.1, 0.15) is 42.1 Å². The van der Waals surface area contributed by atoms with Crippen LogP contribution in [0.1, 0.15) is 6.92 Å². The first-order valence-electron chi connectivity index (χ1n) is 7.96.